The van der Waals surface area contributed by atoms with Crippen LogP contribution in [0.25, 0.3) is 0 Å². The molecule has 0 unspecified atom stereocenters. The Morgan fingerprint density at radius 2 is 2.36 bits per heavy atom. The minimum Gasteiger partial charge on any atom is -0.208 e. The smallest absolute Gasteiger partial charge is 0.203 e. The molecule has 0 aliphatic heterocycles. The monoisotopic (exact) mass is 188 g/mol. The van der Waals surface area contributed by atoms with Crippen molar-refractivity contribution in [3.8, 4) is 0 Å². The van der Waals surface area contributed by atoms with E-state index in [1.165, 1.54) is 30.8 Å². The van der Waals surface area contributed by atoms with Gasteiger partial charge < -0.3 is 0 Å². The molecule has 0 spiro atoms. The number of aromatic nitrogens is 2. The van der Waals surface area contributed by atoms with Crippen LogP contribution in [-0.4, -0.2) is 9.36 Å². The summed E-state index contributed by atoms with van der Waals surface area (Å²) < 4.78 is 4.71. The van der Waals surface area contributed by atoms with Crippen LogP contribution < -0.4 is 0 Å². The third-order valence-corrected chi connectivity index (χ3v) is 2.97. The first-order valence-electron chi connectivity index (χ1n) is 3.82. The van der Waals surface area contributed by atoms with E-state index in [2.05, 4.69) is 9.36 Å². The van der Waals surface area contributed by atoms with Gasteiger partial charge in [0.2, 0.25) is 4.47 Å². The minimum atomic E-state index is 0.569. The van der Waals surface area contributed by atoms with Gasteiger partial charge in [-0.3, -0.25) is 0 Å². The van der Waals surface area contributed by atoms with E-state index < -0.39 is 0 Å². The average Bonchev–Trinajstić information content (AvgIpc) is 2.27. The third-order valence-electron chi connectivity index (χ3n) is 2.14. The van der Waals surface area contributed by atoms with Gasteiger partial charge in [0.05, 0.1) is 0 Å². The van der Waals surface area contributed by atoms with Crippen LogP contribution in [0.5, 0.6) is 0 Å². The number of hydrogen-bond acceptors (Lipinski definition) is 3. The van der Waals surface area contributed by atoms with Gasteiger partial charge >= 0.3 is 0 Å². The third kappa shape index (κ3) is 1.71. The molecule has 1 aromatic heterocycles. The molecule has 0 bridgehead atoms. The number of halogens is 1. The highest BCUT2D eigenvalue weighted by Crippen LogP contribution is 2.29. The highest BCUT2D eigenvalue weighted by atomic mass is 35.5. The zero-order chi connectivity index (χ0) is 7.68. The lowest BCUT2D eigenvalue weighted by molar-refractivity contribution is 0.310. The maximum absolute atomic E-state index is 5.65. The van der Waals surface area contributed by atoms with Crippen molar-refractivity contribution < 1.29 is 0 Å². The highest BCUT2D eigenvalue weighted by molar-refractivity contribution is 7.10. The Morgan fingerprint density at radius 3 is 2.82 bits per heavy atom. The van der Waals surface area contributed by atoms with Crippen LogP contribution in [0.2, 0.25) is 4.47 Å². The molecule has 0 atom stereocenters. The van der Waals surface area contributed by atoms with Gasteiger partial charge in [-0.05, 0) is 29.1 Å². The van der Waals surface area contributed by atoms with E-state index in [-0.39, 0.29) is 0 Å². The summed E-state index contributed by atoms with van der Waals surface area (Å²) in [6.07, 6.45) is 5.10. The first kappa shape index (κ1) is 7.50. The molecule has 1 aromatic rings. The summed E-state index contributed by atoms with van der Waals surface area (Å²) in [6.45, 7) is 0. The van der Waals surface area contributed by atoms with E-state index in [4.69, 9.17) is 11.6 Å². The molecule has 2 nitrogen and oxygen atoms in total. The molecule has 0 N–H and O–H groups in total. The van der Waals surface area contributed by atoms with Crippen molar-refractivity contribution in [3.05, 3.63) is 10.3 Å². The largest absolute Gasteiger partial charge is 0.208 e. The molecule has 1 fully saturated rings. The molecule has 0 radical (unpaired) electrons. The van der Waals surface area contributed by atoms with Crippen molar-refractivity contribution in [3.63, 3.8) is 0 Å². The number of hydrogen-bond donors (Lipinski definition) is 0. The topological polar surface area (TPSA) is 25.8 Å². The molecule has 2 rings (SSSR count). The molecular formula is C7H9ClN2S. The number of rotatable bonds is 2. The Hall–Kier alpha value is -0.150. The molecule has 0 aromatic carbocycles. The van der Waals surface area contributed by atoms with Crippen LogP contribution in [0.4, 0.5) is 0 Å². The van der Waals surface area contributed by atoms with Crippen molar-refractivity contribution in [2.24, 2.45) is 5.92 Å². The minimum absolute atomic E-state index is 0.569. The van der Waals surface area contributed by atoms with E-state index in [1.54, 1.807) is 0 Å². The zero-order valence-electron chi connectivity index (χ0n) is 6.09. The fraction of sp³-hybridized carbons (Fsp3) is 0.714. The van der Waals surface area contributed by atoms with Crippen molar-refractivity contribution in [1.29, 1.82) is 0 Å². The SMILES string of the molecule is Clc1nc(CC2CCC2)ns1. The average molecular weight is 189 g/mol. The lowest BCUT2D eigenvalue weighted by Crippen LogP contribution is -2.14. The predicted molar refractivity (Wildman–Crippen MR) is 46.0 cm³/mol. The van der Waals surface area contributed by atoms with E-state index in [0.29, 0.717) is 4.47 Å². The van der Waals surface area contributed by atoms with Gasteiger partial charge in [-0.2, -0.15) is 4.37 Å². The van der Waals surface area contributed by atoms with Gasteiger partial charge in [-0.15, -0.1) is 0 Å². The second-order valence-corrected chi connectivity index (χ2v) is 4.30. The fourth-order valence-electron chi connectivity index (χ4n) is 1.27. The van der Waals surface area contributed by atoms with E-state index in [1.807, 2.05) is 0 Å². The zero-order valence-corrected chi connectivity index (χ0v) is 7.66. The van der Waals surface area contributed by atoms with Crippen LogP contribution in [0.15, 0.2) is 0 Å². The number of nitrogens with zero attached hydrogens (tertiary/aromatic N) is 2. The second kappa shape index (κ2) is 3.07. The van der Waals surface area contributed by atoms with E-state index in [9.17, 15) is 0 Å². The van der Waals surface area contributed by atoms with Crippen molar-refractivity contribution in [2.45, 2.75) is 25.7 Å². The summed E-state index contributed by atoms with van der Waals surface area (Å²) in [7, 11) is 0. The summed E-state index contributed by atoms with van der Waals surface area (Å²) in [4.78, 5) is 4.11. The van der Waals surface area contributed by atoms with Gasteiger partial charge in [-0.1, -0.05) is 19.3 Å². The summed E-state index contributed by atoms with van der Waals surface area (Å²) in [5, 5.41) is 0. The Balaban J connectivity index is 1.95. The highest BCUT2D eigenvalue weighted by Gasteiger charge is 2.19. The molecule has 1 aliphatic carbocycles. The molecule has 0 amide bonds. The molecule has 1 aliphatic rings. The van der Waals surface area contributed by atoms with Crippen molar-refractivity contribution >= 4 is 23.1 Å². The fourth-order valence-corrected chi connectivity index (χ4v) is 1.91. The molecule has 11 heavy (non-hydrogen) atoms. The van der Waals surface area contributed by atoms with Gasteiger partial charge in [0, 0.05) is 6.42 Å². The summed E-state index contributed by atoms with van der Waals surface area (Å²) in [6, 6.07) is 0. The standard InChI is InChI=1S/C7H9ClN2S/c8-7-9-6(10-11-7)4-5-2-1-3-5/h5H,1-4H2. The quantitative estimate of drug-likeness (QED) is 0.713. The lowest BCUT2D eigenvalue weighted by atomic mass is 9.83. The van der Waals surface area contributed by atoms with Gasteiger partial charge in [-0.25, -0.2) is 4.98 Å². The second-order valence-electron chi connectivity index (χ2n) is 2.96. The molecule has 1 saturated carbocycles. The van der Waals surface area contributed by atoms with E-state index >= 15 is 0 Å². The Morgan fingerprint density at radius 1 is 1.55 bits per heavy atom. The maximum Gasteiger partial charge on any atom is 0.203 e. The predicted octanol–water partition coefficient (Wildman–Crippen LogP) is 2.53. The van der Waals surface area contributed by atoms with Crippen LogP contribution in [0, 0.1) is 5.92 Å². The summed E-state index contributed by atoms with van der Waals surface area (Å²) in [5.41, 5.74) is 0. The Labute approximate surface area is 74.8 Å². The van der Waals surface area contributed by atoms with Gasteiger partial charge in [0.15, 0.2) is 0 Å². The van der Waals surface area contributed by atoms with Gasteiger partial charge in [0.1, 0.15) is 5.82 Å². The normalized spacial score (nSPS) is 18.3. The molecule has 0 saturated heterocycles. The Bertz CT molecular complexity index is 244. The molecule has 1 heterocycles. The lowest BCUT2D eigenvalue weighted by Gasteiger charge is -2.23. The van der Waals surface area contributed by atoms with Crippen LogP contribution in [-0.2, 0) is 6.42 Å². The summed E-state index contributed by atoms with van der Waals surface area (Å²) in [5.74, 6) is 1.77. The van der Waals surface area contributed by atoms with Crippen LogP contribution >= 0.6 is 23.1 Å². The molecular weight excluding hydrogens is 180 g/mol. The van der Waals surface area contributed by atoms with Gasteiger partial charge in [0.25, 0.3) is 0 Å². The maximum atomic E-state index is 5.65. The van der Waals surface area contributed by atoms with E-state index in [0.717, 1.165) is 18.2 Å². The molecule has 4 heteroatoms. The summed E-state index contributed by atoms with van der Waals surface area (Å²) >= 11 is 6.94. The Kier molecular flexibility index (Phi) is 2.09. The first-order valence-corrected chi connectivity index (χ1v) is 4.98. The van der Waals surface area contributed by atoms with Crippen molar-refractivity contribution in [2.75, 3.05) is 0 Å². The van der Waals surface area contributed by atoms with Crippen LogP contribution in [0.3, 0.4) is 0 Å². The molecule has 60 valence electrons. The van der Waals surface area contributed by atoms with Crippen molar-refractivity contribution in [1.82, 2.24) is 9.36 Å². The van der Waals surface area contributed by atoms with Crippen LogP contribution in [0.1, 0.15) is 25.1 Å². The first-order chi connectivity index (χ1) is 5.34.